The normalized spacial score (nSPS) is 10.7. The van der Waals surface area contributed by atoms with E-state index in [1.165, 1.54) is 0 Å². The van der Waals surface area contributed by atoms with Crippen molar-refractivity contribution in [3.05, 3.63) is 71.5 Å². The number of carbonyl (C=O) groups is 1. The second-order valence-corrected chi connectivity index (χ2v) is 6.73. The number of carbonyl (C=O) groups excluding carboxylic acids is 1. The van der Waals surface area contributed by atoms with Crippen molar-refractivity contribution in [3.63, 3.8) is 0 Å². The van der Waals surface area contributed by atoms with Gasteiger partial charge in [-0.3, -0.25) is 4.79 Å². The molecule has 5 heteroatoms. The van der Waals surface area contributed by atoms with E-state index in [1.807, 2.05) is 79.4 Å². The molecular weight excluding hydrogens is 330 g/mol. The maximum absolute atomic E-state index is 12.5. The smallest absolute Gasteiger partial charge is 0.228 e. The van der Waals surface area contributed by atoms with E-state index in [4.69, 9.17) is 0 Å². The molecule has 0 bridgehead atoms. The zero-order valence-electron chi connectivity index (χ0n) is 14.6. The van der Waals surface area contributed by atoms with Gasteiger partial charge in [0, 0.05) is 21.8 Å². The van der Waals surface area contributed by atoms with Gasteiger partial charge in [-0.15, -0.1) is 11.8 Å². The first kappa shape index (κ1) is 17.3. The Morgan fingerprint density at radius 3 is 2.60 bits per heavy atom. The maximum atomic E-state index is 12.5. The van der Waals surface area contributed by atoms with E-state index in [0.29, 0.717) is 6.42 Å². The van der Waals surface area contributed by atoms with E-state index in [9.17, 15) is 4.79 Å². The predicted octanol–water partition coefficient (Wildman–Crippen LogP) is 4.39. The van der Waals surface area contributed by atoms with Gasteiger partial charge in [0.15, 0.2) is 0 Å². The predicted molar refractivity (Wildman–Crippen MR) is 104 cm³/mol. The van der Waals surface area contributed by atoms with Gasteiger partial charge in [-0.1, -0.05) is 24.3 Å². The van der Waals surface area contributed by atoms with Gasteiger partial charge >= 0.3 is 0 Å². The van der Waals surface area contributed by atoms with E-state index in [1.54, 1.807) is 11.8 Å². The molecule has 1 heterocycles. The van der Waals surface area contributed by atoms with E-state index >= 15 is 0 Å². The zero-order valence-corrected chi connectivity index (χ0v) is 15.4. The summed E-state index contributed by atoms with van der Waals surface area (Å²) in [4.78, 5) is 13.6. The van der Waals surface area contributed by atoms with E-state index in [0.717, 1.165) is 33.2 Å². The van der Waals surface area contributed by atoms with Crippen LogP contribution >= 0.6 is 11.8 Å². The monoisotopic (exact) mass is 351 g/mol. The molecule has 0 aliphatic heterocycles. The van der Waals surface area contributed by atoms with Gasteiger partial charge in [-0.25, -0.2) is 4.68 Å². The Morgan fingerprint density at radius 2 is 1.88 bits per heavy atom. The number of thioether (sulfide) groups is 1. The summed E-state index contributed by atoms with van der Waals surface area (Å²) < 4.78 is 1.90. The Bertz CT molecular complexity index is 887. The van der Waals surface area contributed by atoms with Gasteiger partial charge in [0.25, 0.3) is 0 Å². The number of anilines is 1. The topological polar surface area (TPSA) is 46.9 Å². The third-order valence-electron chi connectivity index (χ3n) is 4.13. The number of para-hydroxylation sites is 1. The highest BCUT2D eigenvalue weighted by Gasteiger charge is 2.16. The van der Waals surface area contributed by atoms with Gasteiger partial charge in [-0.05, 0) is 50.4 Å². The molecule has 0 atom stereocenters. The largest absolute Gasteiger partial charge is 0.326 e. The number of rotatable bonds is 5. The number of nitrogens with one attached hydrogen (secondary N) is 1. The van der Waals surface area contributed by atoms with Crippen molar-refractivity contribution in [2.75, 3.05) is 11.6 Å². The molecule has 0 saturated heterocycles. The highest BCUT2D eigenvalue weighted by Crippen LogP contribution is 2.21. The molecular formula is C20H21N3OS. The lowest BCUT2D eigenvalue weighted by atomic mass is 10.1. The second kappa shape index (κ2) is 7.57. The van der Waals surface area contributed by atoms with E-state index < -0.39 is 0 Å². The average Bonchev–Trinajstić information content (AvgIpc) is 2.91. The Labute approximate surface area is 152 Å². The lowest BCUT2D eigenvalue weighted by Crippen LogP contribution is -2.15. The van der Waals surface area contributed by atoms with Crippen LogP contribution in [0.3, 0.4) is 0 Å². The van der Waals surface area contributed by atoms with Crippen LogP contribution in [-0.4, -0.2) is 21.9 Å². The van der Waals surface area contributed by atoms with Gasteiger partial charge < -0.3 is 5.32 Å². The van der Waals surface area contributed by atoms with Crippen LogP contribution in [0.15, 0.2) is 59.5 Å². The minimum absolute atomic E-state index is 0.0305. The van der Waals surface area contributed by atoms with Gasteiger partial charge in [0.1, 0.15) is 0 Å². The quantitative estimate of drug-likeness (QED) is 0.693. The van der Waals surface area contributed by atoms with E-state index in [2.05, 4.69) is 10.4 Å². The first-order valence-electron chi connectivity index (χ1n) is 8.13. The van der Waals surface area contributed by atoms with Crippen molar-refractivity contribution >= 4 is 23.4 Å². The first-order valence-corrected chi connectivity index (χ1v) is 9.35. The summed E-state index contributed by atoms with van der Waals surface area (Å²) >= 11 is 1.66. The highest BCUT2D eigenvalue weighted by atomic mass is 32.2. The molecule has 3 aromatic rings. The lowest BCUT2D eigenvalue weighted by Gasteiger charge is -2.08. The number of hydrogen-bond donors (Lipinski definition) is 1. The molecule has 0 fully saturated rings. The molecule has 1 N–H and O–H groups in total. The SMILES string of the molecule is CSc1cccc(NC(=O)Cc2c(C)nn(-c3ccccc3)c2C)c1. The fourth-order valence-corrected chi connectivity index (χ4v) is 3.28. The number of nitrogens with zero attached hydrogens (tertiary/aromatic N) is 2. The molecule has 1 amide bonds. The molecule has 2 aromatic carbocycles. The number of hydrogen-bond acceptors (Lipinski definition) is 3. The number of aryl methyl sites for hydroxylation is 1. The van der Waals surface area contributed by atoms with Crippen LogP contribution in [0.2, 0.25) is 0 Å². The summed E-state index contributed by atoms with van der Waals surface area (Å²) in [6, 6.07) is 17.8. The Kier molecular flexibility index (Phi) is 5.24. The fourth-order valence-electron chi connectivity index (χ4n) is 2.82. The summed E-state index contributed by atoms with van der Waals surface area (Å²) in [6.07, 6.45) is 2.33. The van der Waals surface area contributed by atoms with Crippen LogP contribution < -0.4 is 5.32 Å². The molecule has 0 spiro atoms. The van der Waals surface area contributed by atoms with Crippen LogP contribution in [0.4, 0.5) is 5.69 Å². The van der Waals surface area contributed by atoms with Gasteiger partial charge in [0.05, 0.1) is 17.8 Å². The molecule has 4 nitrogen and oxygen atoms in total. The highest BCUT2D eigenvalue weighted by molar-refractivity contribution is 7.98. The molecule has 0 aliphatic carbocycles. The Morgan fingerprint density at radius 1 is 1.12 bits per heavy atom. The number of benzene rings is 2. The third kappa shape index (κ3) is 3.94. The molecule has 0 radical (unpaired) electrons. The number of aromatic nitrogens is 2. The van der Waals surface area contributed by atoms with Crippen molar-refractivity contribution in [2.24, 2.45) is 0 Å². The van der Waals surface area contributed by atoms with E-state index in [-0.39, 0.29) is 5.91 Å². The minimum atomic E-state index is -0.0305. The maximum Gasteiger partial charge on any atom is 0.228 e. The lowest BCUT2D eigenvalue weighted by molar-refractivity contribution is -0.115. The van der Waals surface area contributed by atoms with Crippen LogP contribution in [-0.2, 0) is 11.2 Å². The Balaban J connectivity index is 1.78. The van der Waals surface area contributed by atoms with Crippen LogP contribution in [0.1, 0.15) is 17.0 Å². The summed E-state index contributed by atoms with van der Waals surface area (Å²) in [5, 5.41) is 7.58. The molecule has 3 rings (SSSR count). The summed E-state index contributed by atoms with van der Waals surface area (Å²) in [6.45, 7) is 3.95. The summed E-state index contributed by atoms with van der Waals surface area (Å²) in [7, 11) is 0. The first-order chi connectivity index (χ1) is 12.1. The zero-order chi connectivity index (χ0) is 17.8. The number of amides is 1. The van der Waals surface area contributed by atoms with Crippen LogP contribution in [0.5, 0.6) is 0 Å². The average molecular weight is 351 g/mol. The molecule has 25 heavy (non-hydrogen) atoms. The fraction of sp³-hybridized carbons (Fsp3) is 0.200. The third-order valence-corrected chi connectivity index (χ3v) is 4.86. The van der Waals surface area contributed by atoms with Crippen molar-refractivity contribution in [3.8, 4) is 5.69 Å². The summed E-state index contributed by atoms with van der Waals surface area (Å²) in [5.74, 6) is -0.0305. The van der Waals surface area contributed by atoms with Gasteiger partial charge in [0.2, 0.25) is 5.91 Å². The van der Waals surface area contributed by atoms with Crippen molar-refractivity contribution in [1.29, 1.82) is 0 Å². The van der Waals surface area contributed by atoms with Crippen LogP contribution in [0.25, 0.3) is 5.69 Å². The summed E-state index contributed by atoms with van der Waals surface area (Å²) in [5.41, 5.74) is 4.68. The molecule has 0 saturated carbocycles. The molecule has 0 unspecified atom stereocenters. The van der Waals surface area contributed by atoms with Crippen molar-refractivity contribution in [2.45, 2.75) is 25.2 Å². The second-order valence-electron chi connectivity index (χ2n) is 5.85. The van der Waals surface area contributed by atoms with Crippen LogP contribution in [0, 0.1) is 13.8 Å². The molecule has 128 valence electrons. The van der Waals surface area contributed by atoms with Crippen molar-refractivity contribution < 1.29 is 4.79 Å². The Hall–Kier alpha value is -2.53. The van der Waals surface area contributed by atoms with Gasteiger partial charge in [-0.2, -0.15) is 5.10 Å². The standard InChI is InChI=1S/C20H21N3OS/c1-14-19(15(2)23(22-14)17-9-5-4-6-10-17)13-20(24)21-16-8-7-11-18(12-16)25-3/h4-12H,13H2,1-3H3,(H,21,24). The minimum Gasteiger partial charge on any atom is -0.326 e. The van der Waals surface area contributed by atoms with Crippen molar-refractivity contribution in [1.82, 2.24) is 9.78 Å². The molecule has 0 aliphatic rings. The molecule has 1 aromatic heterocycles.